The number of hydrogen-bond acceptors (Lipinski definition) is 4. The molecule has 0 spiro atoms. The van der Waals surface area contributed by atoms with Crippen LogP contribution in [-0.4, -0.2) is 24.4 Å². The van der Waals surface area contributed by atoms with E-state index in [1.165, 1.54) is 18.6 Å². The van der Waals surface area contributed by atoms with E-state index in [9.17, 15) is 9.18 Å². The van der Waals surface area contributed by atoms with Crippen molar-refractivity contribution in [1.29, 1.82) is 0 Å². The van der Waals surface area contributed by atoms with Gasteiger partial charge in [0.15, 0.2) is 11.2 Å². The molecule has 4 aromatic rings. The molecule has 1 fully saturated rings. The van der Waals surface area contributed by atoms with Crippen LogP contribution in [-0.2, 0) is 0 Å². The number of fused-ring (bicyclic) bond motifs is 3. The summed E-state index contributed by atoms with van der Waals surface area (Å²) in [4.78, 5) is 13.3. The Bertz CT molecular complexity index is 1310. The summed E-state index contributed by atoms with van der Waals surface area (Å²) in [6.45, 7) is 6.37. The summed E-state index contributed by atoms with van der Waals surface area (Å²) >= 11 is 0. The lowest BCUT2D eigenvalue weighted by Gasteiger charge is -2.35. The van der Waals surface area contributed by atoms with Gasteiger partial charge in [0.1, 0.15) is 11.3 Å². The molecule has 0 amide bonds. The van der Waals surface area contributed by atoms with Gasteiger partial charge in [-0.05, 0) is 48.9 Å². The van der Waals surface area contributed by atoms with Crippen LogP contribution in [0.1, 0.15) is 44.8 Å². The van der Waals surface area contributed by atoms with E-state index in [1.807, 2.05) is 23.8 Å². The standard InChI is InChI=1S/C23H24FN5O/c1-13-5-4-6-18(14(13)2)28-12-11-19-21(23(28)30)25-26-22-20(15(3)27-29(19)22)16-7-9-17(24)10-8-16/h7-14,18H,4-6H2,1-3H3/t13-,14-,18+/m0/s1. The van der Waals surface area contributed by atoms with Gasteiger partial charge in [-0.25, -0.2) is 8.91 Å². The number of benzene rings is 1. The summed E-state index contributed by atoms with van der Waals surface area (Å²) in [5.74, 6) is 0.728. The maximum Gasteiger partial charge on any atom is 0.280 e. The molecule has 3 atom stereocenters. The van der Waals surface area contributed by atoms with Crippen molar-refractivity contribution in [1.82, 2.24) is 24.4 Å². The van der Waals surface area contributed by atoms with E-state index in [2.05, 4.69) is 29.1 Å². The average molecular weight is 405 g/mol. The summed E-state index contributed by atoms with van der Waals surface area (Å²) in [7, 11) is 0. The van der Waals surface area contributed by atoms with Crippen molar-refractivity contribution in [2.24, 2.45) is 11.8 Å². The highest BCUT2D eigenvalue weighted by Gasteiger charge is 2.29. The lowest BCUT2D eigenvalue weighted by atomic mass is 9.78. The SMILES string of the molecule is Cc1nn2c(nnc3c(=O)n([C@@H]4CCC[C@H](C)[C@@H]4C)ccc32)c1-c1ccc(F)cc1. The molecule has 0 saturated heterocycles. The minimum absolute atomic E-state index is 0.121. The van der Waals surface area contributed by atoms with Crippen LogP contribution in [0.4, 0.5) is 4.39 Å². The van der Waals surface area contributed by atoms with Gasteiger partial charge in [0, 0.05) is 12.2 Å². The van der Waals surface area contributed by atoms with E-state index in [1.54, 1.807) is 16.6 Å². The maximum atomic E-state index is 13.4. The largest absolute Gasteiger partial charge is 0.310 e. The second-order valence-corrected chi connectivity index (χ2v) is 8.50. The number of nitrogens with zero attached hydrogens (tertiary/aromatic N) is 5. The van der Waals surface area contributed by atoms with Crippen molar-refractivity contribution in [3.63, 3.8) is 0 Å². The molecule has 30 heavy (non-hydrogen) atoms. The third-order valence-corrected chi connectivity index (χ3v) is 6.74. The van der Waals surface area contributed by atoms with Gasteiger partial charge in [-0.2, -0.15) is 5.10 Å². The fourth-order valence-corrected chi connectivity index (χ4v) is 4.83. The van der Waals surface area contributed by atoms with Crippen LogP contribution in [0.2, 0.25) is 0 Å². The first-order valence-electron chi connectivity index (χ1n) is 10.5. The summed E-state index contributed by atoms with van der Waals surface area (Å²) in [6, 6.07) is 8.32. The van der Waals surface area contributed by atoms with Gasteiger partial charge < -0.3 is 4.57 Å². The highest BCUT2D eigenvalue weighted by atomic mass is 19.1. The fourth-order valence-electron chi connectivity index (χ4n) is 4.83. The third-order valence-electron chi connectivity index (χ3n) is 6.74. The van der Waals surface area contributed by atoms with E-state index < -0.39 is 0 Å². The first-order valence-corrected chi connectivity index (χ1v) is 10.5. The Kier molecular flexibility index (Phi) is 4.41. The quantitative estimate of drug-likeness (QED) is 0.491. The highest BCUT2D eigenvalue weighted by molar-refractivity contribution is 5.84. The van der Waals surface area contributed by atoms with Crippen LogP contribution in [0.5, 0.6) is 0 Å². The van der Waals surface area contributed by atoms with Gasteiger partial charge in [-0.1, -0.05) is 38.8 Å². The Morgan fingerprint density at radius 2 is 1.83 bits per heavy atom. The minimum atomic E-state index is -0.295. The second-order valence-electron chi connectivity index (χ2n) is 8.50. The number of hydrogen-bond donors (Lipinski definition) is 0. The molecular formula is C23H24FN5O. The molecule has 0 N–H and O–H groups in total. The molecule has 0 radical (unpaired) electrons. The normalized spacial score (nSPS) is 22.1. The first-order chi connectivity index (χ1) is 14.5. The Morgan fingerprint density at radius 3 is 2.60 bits per heavy atom. The van der Waals surface area contributed by atoms with Crippen LogP contribution in [0.3, 0.4) is 0 Å². The van der Waals surface area contributed by atoms with Gasteiger partial charge in [0.05, 0.1) is 11.3 Å². The molecule has 3 heterocycles. The topological polar surface area (TPSA) is 65.1 Å². The van der Waals surface area contributed by atoms with Crippen LogP contribution in [0, 0.1) is 24.6 Å². The molecule has 7 heteroatoms. The van der Waals surface area contributed by atoms with Crippen LogP contribution in [0.15, 0.2) is 41.3 Å². The van der Waals surface area contributed by atoms with Crippen molar-refractivity contribution in [3.8, 4) is 11.1 Å². The molecule has 154 valence electrons. The van der Waals surface area contributed by atoms with E-state index in [0.717, 1.165) is 29.7 Å². The molecule has 0 unspecified atom stereocenters. The number of rotatable bonds is 2. The van der Waals surface area contributed by atoms with Gasteiger partial charge in [0.25, 0.3) is 5.56 Å². The van der Waals surface area contributed by atoms with Crippen LogP contribution >= 0.6 is 0 Å². The van der Waals surface area contributed by atoms with Crippen molar-refractivity contribution in [2.75, 3.05) is 0 Å². The number of aromatic nitrogens is 5. The van der Waals surface area contributed by atoms with E-state index >= 15 is 0 Å². The minimum Gasteiger partial charge on any atom is -0.310 e. The Balaban J connectivity index is 1.68. The first kappa shape index (κ1) is 18.9. The second kappa shape index (κ2) is 7.00. The molecule has 1 aromatic carbocycles. The average Bonchev–Trinajstić information content (AvgIpc) is 3.08. The summed E-state index contributed by atoms with van der Waals surface area (Å²) < 4.78 is 16.9. The Labute approximate surface area is 173 Å². The number of aryl methyl sites for hydroxylation is 1. The fraction of sp³-hybridized carbons (Fsp3) is 0.391. The van der Waals surface area contributed by atoms with Crippen LogP contribution in [0.25, 0.3) is 27.8 Å². The maximum absolute atomic E-state index is 13.4. The monoisotopic (exact) mass is 405 g/mol. The van der Waals surface area contributed by atoms with Gasteiger partial charge in [-0.15, -0.1) is 10.2 Å². The predicted molar refractivity (Wildman–Crippen MR) is 114 cm³/mol. The van der Waals surface area contributed by atoms with Crippen molar-refractivity contribution in [3.05, 3.63) is 58.4 Å². The molecule has 1 saturated carbocycles. The third kappa shape index (κ3) is 2.83. The Morgan fingerprint density at radius 1 is 1.07 bits per heavy atom. The number of halogens is 1. The van der Waals surface area contributed by atoms with Gasteiger partial charge >= 0.3 is 0 Å². The van der Waals surface area contributed by atoms with Gasteiger partial charge in [0.2, 0.25) is 0 Å². The molecule has 1 aliphatic rings. The van der Waals surface area contributed by atoms with Crippen molar-refractivity contribution < 1.29 is 4.39 Å². The molecule has 0 aliphatic heterocycles. The zero-order valence-electron chi connectivity index (χ0n) is 17.3. The summed E-state index contributed by atoms with van der Waals surface area (Å²) in [6.07, 6.45) is 5.21. The molecule has 0 bridgehead atoms. The van der Waals surface area contributed by atoms with Crippen LogP contribution < -0.4 is 5.56 Å². The lowest BCUT2D eigenvalue weighted by molar-refractivity contribution is 0.183. The lowest BCUT2D eigenvalue weighted by Crippen LogP contribution is -2.34. The Hall–Kier alpha value is -3.09. The zero-order valence-corrected chi connectivity index (χ0v) is 17.3. The zero-order chi connectivity index (χ0) is 21.0. The van der Waals surface area contributed by atoms with Crippen molar-refractivity contribution in [2.45, 2.75) is 46.1 Å². The molecule has 1 aliphatic carbocycles. The molecule has 5 rings (SSSR count). The molecule has 3 aromatic heterocycles. The molecular weight excluding hydrogens is 381 g/mol. The van der Waals surface area contributed by atoms with Crippen molar-refractivity contribution >= 4 is 16.7 Å². The summed E-state index contributed by atoms with van der Waals surface area (Å²) in [5, 5.41) is 13.3. The van der Waals surface area contributed by atoms with E-state index in [4.69, 9.17) is 0 Å². The molecule has 6 nitrogen and oxygen atoms in total. The summed E-state index contributed by atoms with van der Waals surface area (Å²) in [5.41, 5.74) is 3.76. The predicted octanol–water partition coefficient (Wildman–Crippen LogP) is 4.55. The van der Waals surface area contributed by atoms with E-state index in [-0.39, 0.29) is 17.4 Å². The number of pyridine rings is 1. The van der Waals surface area contributed by atoms with Gasteiger partial charge in [-0.3, -0.25) is 4.79 Å². The van der Waals surface area contributed by atoms with E-state index in [0.29, 0.717) is 28.5 Å². The smallest absolute Gasteiger partial charge is 0.280 e. The highest BCUT2D eigenvalue weighted by Crippen LogP contribution is 2.37.